The molecule has 3 heteroatoms. The highest BCUT2D eigenvalue weighted by atomic mass is 32.2. The molecule has 0 saturated heterocycles. The molecule has 1 aromatic carbocycles. The fraction of sp³-hybridized carbons (Fsp3) is 0.400. The Bertz CT molecular complexity index is 269. The van der Waals surface area contributed by atoms with Gasteiger partial charge in [-0.25, -0.2) is 0 Å². The van der Waals surface area contributed by atoms with Crippen molar-refractivity contribution in [2.24, 2.45) is 5.73 Å². The summed E-state index contributed by atoms with van der Waals surface area (Å²) in [7, 11) is 0. The molecule has 0 aliphatic carbocycles. The van der Waals surface area contributed by atoms with Crippen LogP contribution in [0.5, 0.6) is 0 Å². The van der Waals surface area contributed by atoms with Crippen LogP contribution in [0, 0.1) is 0 Å². The smallest absolute Gasteiger partial charge is 0.0650 e. The zero-order valence-corrected chi connectivity index (χ0v) is 8.77. The van der Waals surface area contributed by atoms with Gasteiger partial charge in [0.25, 0.3) is 0 Å². The summed E-state index contributed by atoms with van der Waals surface area (Å²) in [5.41, 5.74) is 6.21. The molecule has 0 aromatic heterocycles. The molecule has 0 saturated carbocycles. The summed E-state index contributed by atoms with van der Waals surface area (Å²) in [5.74, 6) is 0. The Kier molecular flexibility index (Phi) is 3.36. The van der Waals surface area contributed by atoms with Crippen LogP contribution >= 0.6 is 11.8 Å². The topological polar surface area (TPSA) is 46.2 Å². The summed E-state index contributed by atoms with van der Waals surface area (Å²) in [5, 5.41) is 9.04. The molecule has 0 bridgehead atoms. The van der Waals surface area contributed by atoms with E-state index in [0.717, 1.165) is 5.56 Å². The summed E-state index contributed by atoms with van der Waals surface area (Å²) >= 11 is 1.69. The molecule has 0 unspecified atom stereocenters. The lowest BCUT2D eigenvalue weighted by Gasteiger charge is -2.22. The van der Waals surface area contributed by atoms with Crippen molar-refractivity contribution in [3.8, 4) is 0 Å². The molecule has 0 aliphatic rings. The van der Waals surface area contributed by atoms with Crippen LogP contribution in [0.1, 0.15) is 12.5 Å². The Morgan fingerprint density at radius 1 is 1.38 bits per heavy atom. The Balaban J connectivity index is 2.92. The van der Waals surface area contributed by atoms with Crippen LogP contribution in [0.3, 0.4) is 0 Å². The molecule has 72 valence electrons. The van der Waals surface area contributed by atoms with Gasteiger partial charge in [0.15, 0.2) is 0 Å². The third kappa shape index (κ3) is 2.46. The third-order valence-corrected chi connectivity index (χ3v) is 2.82. The summed E-state index contributed by atoms with van der Waals surface area (Å²) in [6, 6.07) is 7.95. The average Bonchev–Trinajstić information content (AvgIpc) is 2.18. The van der Waals surface area contributed by atoms with E-state index in [0.29, 0.717) is 0 Å². The highest BCUT2D eigenvalue weighted by molar-refractivity contribution is 7.98. The highest BCUT2D eigenvalue weighted by Crippen LogP contribution is 2.21. The minimum atomic E-state index is -0.628. The van der Waals surface area contributed by atoms with E-state index in [4.69, 9.17) is 10.8 Å². The van der Waals surface area contributed by atoms with E-state index in [2.05, 4.69) is 0 Å². The molecule has 13 heavy (non-hydrogen) atoms. The van der Waals surface area contributed by atoms with E-state index in [9.17, 15) is 0 Å². The van der Waals surface area contributed by atoms with Gasteiger partial charge in [0.2, 0.25) is 0 Å². The van der Waals surface area contributed by atoms with Crippen molar-refractivity contribution in [2.75, 3.05) is 12.9 Å². The number of benzene rings is 1. The SMILES string of the molecule is CSc1ccc([C@@](C)(N)CO)cc1. The van der Waals surface area contributed by atoms with E-state index in [1.807, 2.05) is 37.4 Å². The molecule has 0 spiro atoms. The molecule has 0 fully saturated rings. The van der Waals surface area contributed by atoms with Gasteiger partial charge in [-0.1, -0.05) is 12.1 Å². The molecule has 0 aliphatic heterocycles. The van der Waals surface area contributed by atoms with E-state index < -0.39 is 5.54 Å². The van der Waals surface area contributed by atoms with Gasteiger partial charge in [0.05, 0.1) is 12.1 Å². The lowest BCUT2D eigenvalue weighted by atomic mass is 9.94. The van der Waals surface area contributed by atoms with Crippen LogP contribution in [0.15, 0.2) is 29.2 Å². The van der Waals surface area contributed by atoms with Gasteiger partial charge in [-0.3, -0.25) is 0 Å². The Hall–Kier alpha value is -0.510. The number of hydrogen-bond acceptors (Lipinski definition) is 3. The summed E-state index contributed by atoms with van der Waals surface area (Å²) in [6.45, 7) is 1.78. The maximum atomic E-state index is 9.04. The third-order valence-electron chi connectivity index (χ3n) is 2.08. The normalized spacial score (nSPS) is 15.4. The van der Waals surface area contributed by atoms with Crippen molar-refractivity contribution >= 4 is 11.8 Å². The van der Waals surface area contributed by atoms with Gasteiger partial charge in [0, 0.05) is 4.90 Å². The number of rotatable bonds is 3. The molecule has 1 rings (SSSR count). The Labute approximate surface area is 83.1 Å². The first-order chi connectivity index (χ1) is 6.10. The summed E-state index contributed by atoms with van der Waals surface area (Å²) < 4.78 is 0. The van der Waals surface area contributed by atoms with Gasteiger partial charge in [-0.15, -0.1) is 11.8 Å². The van der Waals surface area contributed by atoms with Gasteiger partial charge < -0.3 is 10.8 Å². The van der Waals surface area contributed by atoms with Crippen molar-refractivity contribution < 1.29 is 5.11 Å². The van der Waals surface area contributed by atoms with Crippen LogP contribution in [0.25, 0.3) is 0 Å². The first-order valence-electron chi connectivity index (χ1n) is 4.14. The highest BCUT2D eigenvalue weighted by Gasteiger charge is 2.19. The standard InChI is InChI=1S/C10H15NOS/c1-10(11,7-12)8-3-5-9(13-2)6-4-8/h3-6,12H,7,11H2,1-2H3/t10-/m0/s1. The lowest BCUT2D eigenvalue weighted by molar-refractivity contribution is 0.210. The van der Waals surface area contributed by atoms with Crippen molar-refractivity contribution in [3.63, 3.8) is 0 Å². The maximum absolute atomic E-state index is 9.04. The van der Waals surface area contributed by atoms with E-state index in [1.54, 1.807) is 11.8 Å². The Morgan fingerprint density at radius 2 is 1.92 bits per heavy atom. The van der Waals surface area contributed by atoms with Crippen LogP contribution in [-0.4, -0.2) is 18.0 Å². The second kappa shape index (κ2) is 4.13. The zero-order valence-electron chi connectivity index (χ0n) is 7.95. The molecular weight excluding hydrogens is 182 g/mol. The molecule has 0 heterocycles. The predicted molar refractivity (Wildman–Crippen MR) is 56.8 cm³/mol. The number of aliphatic hydroxyl groups is 1. The largest absolute Gasteiger partial charge is 0.394 e. The number of nitrogens with two attached hydrogens (primary N) is 1. The van der Waals surface area contributed by atoms with Crippen molar-refractivity contribution in [1.82, 2.24) is 0 Å². The van der Waals surface area contributed by atoms with Gasteiger partial charge >= 0.3 is 0 Å². The Morgan fingerprint density at radius 3 is 2.31 bits per heavy atom. The first-order valence-corrected chi connectivity index (χ1v) is 5.37. The summed E-state index contributed by atoms with van der Waals surface area (Å²) in [4.78, 5) is 1.21. The zero-order chi connectivity index (χ0) is 9.90. The van der Waals surface area contributed by atoms with Gasteiger partial charge in [0.1, 0.15) is 0 Å². The second-order valence-electron chi connectivity index (χ2n) is 3.30. The molecule has 1 atom stereocenters. The quantitative estimate of drug-likeness (QED) is 0.723. The van der Waals surface area contributed by atoms with E-state index in [-0.39, 0.29) is 6.61 Å². The second-order valence-corrected chi connectivity index (χ2v) is 4.18. The molecular formula is C10H15NOS. The molecule has 2 nitrogen and oxygen atoms in total. The molecule has 0 amide bonds. The number of thioether (sulfide) groups is 1. The monoisotopic (exact) mass is 197 g/mol. The van der Waals surface area contributed by atoms with Crippen LogP contribution in [-0.2, 0) is 5.54 Å². The van der Waals surface area contributed by atoms with Crippen LogP contribution in [0.2, 0.25) is 0 Å². The molecule has 1 aromatic rings. The van der Waals surface area contributed by atoms with E-state index >= 15 is 0 Å². The van der Waals surface area contributed by atoms with Crippen LogP contribution in [0.4, 0.5) is 0 Å². The fourth-order valence-corrected chi connectivity index (χ4v) is 1.47. The van der Waals surface area contributed by atoms with Crippen molar-refractivity contribution in [3.05, 3.63) is 29.8 Å². The van der Waals surface area contributed by atoms with Crippen molar-refractivity contribution in [1.29, 1.82) is 0 Å². The average molecular weight is 197 g/mol. The fourth-order valence-electron chi connectivity index (χ4n) is 1.06. The van der Waals surface area contributed by atoms with Crippen LogP contribution < -0.4 is 5.73 Å². The molecule has 0 radical (unpaired) electrons. The van der Waals surface area contributed by atoms with Gasteiger partial charge in [-0.05, 0) is 30.9 Å². The number of aliphatic hydroxyl groups excluding tert-OH is 1. The number of hydrogen-bond donors (Lipinski definition) is 2. The lowest BCUT2D eigenvalue weighted by Crippen LogP contribution is -2.36. The maximum Gasteiger partial charge on any atom is 0.0650 e. The minimum absolute atomic E-state index is 0.0361. The molecule has 3 N–H and O–H groups in total. The summed E-state index contributed by atoms with van der Waals surface area (Å²) in [6.07, 6.45) is 2.03. The van der Waals surface area contributed by atoms with E-state index in [1.165, 1.54) is 4.90 Å². The minimum Gasteiger partial charge on any atom is -0.394 e. The predicted octanol–water partition coefficient (Wildman–Crippen LogP) is 1.57. The first kappa shape index (κ1) is 10.6. The van der Waals surface area contributed by atoms with Crippen molar-refractivity contribution in [2.45, 2.75) is 17.4 Å². The van der Waals surface area contributed by atoms with Gasteiger partial charge in [-0.2, -0.15) is 0 Å².